The molecule has 2 rings (SSSR count). The number of nitriles is 1. The van der Waals surface area contributed by atoms with Gasteiger partial charge >= 0.3 is 0 Å². The van der Waals surface area contributed by atoms with Gasteiger partial charge in [-0.25, -0.2) is 0 Å². The first-order chi connectivity index (χ1) is 12.0. The molecule has 0 radical (unpaired) electrons. The van der Waals surface area contributed by atoms with Gasteiger partial charge in [-0.1, -0.05) is 19.1 Å². The Morgan fingerprint density at radius 1 is 1.36 bits per heavy atom. The number of allylic oxidation sites excluding steroid dienone is 2. The van der Waals surface area contributed by atoms with Crippen molar-refractivity contribution < 1.29 is 9.66 Å². The van der Waals surface area contributed by atoms with Crippen LogP contribution in [0.1, 0.15) is 24.5 Å². The SMILES string of the molecule is CC/C(N)=C(/C#N)c1cc(OCc2cccc([N+](=O)[O-])c2)ccc1I. The highest BCUT2D eigenvalue weighted by molar-refractivity contribution is 14.1. The van der Waals surface area contributed by atoms with Gasteiger partial charge < -0.3 is 10.5 Å². The summed E-state index contributed by atoms with van der Waals surface area (Å²) in [5, 5.41) is 20.2. The van der Waals surface area contributed by atoms with E-state index in [4.69, 9.17) is 10.5 Å². The molecule has 0 aliphatic rings. The molecular formula is C18H16IN3O3. The topological polar surface area (TPSA) is 102 Å². The van der Waals surface area contributed by atoms with Crippen molar-refractivity contribution in [1.82, 2.24) is 0 Å². The van der Waals surface area contributed by atoms with E-state index in [9.17, 15) is 15.4 Å². The predicted molar refractivity (Wildman–Crippen MR) is 104 cm³/mol. The highest BCUT2D eigenvalue weighted by atomic mass is 127. The number of nitrogens with two attached hydrogens (primary N) is 1. The Bertz CT molecular complexity index is 872. The lowest BCUT2D eigenvalue weighted by Crippen LogP contribution is -2.02. The van der Waals surface area contributed by atoms with E-state index in [1.807, 2.05) is 13.0 Å². The minimum absolute atomic E-state index is 0.0230. The Balaban J connectivity index is 2.25. The molecule has 0 heterocycles. The van der Waals surface area contributed by atoms with Crippen LogP contribution in [0.25, 0.3) is 5.57 Å². The molecule has 0 atom stereocenters. The molecule has 2 aromatic carbocycles. The number of halogens is 1. The highest BCUT2D eigenvalue weighted by Crippen LogP contribution is 2.28. The van der Waals surface area contributed by atoms with Crippen LogP contribution in [0.15, 0.2) is 48.2 Å². The molecule has 7 heteroatoms. The van der Waals surface area contributed by atoms with Crippen molar-refractivity contribution in [1.29, 1.82) is 5.26 Å². The number of non-ortho nitro benzene ring substituents is 1. The molecule has 0 fully saturated rings. The molecular weight excluding hydrogens is 433 g/mol. The molecule has 2 aromatic rings. The lowest BCUT2D eigenvalue weighted by atomic mass is 10.0. The van der Waals surface area contributed by atoms with Crippen molar-refractivity contribution in [2.24, 2.45) is 5.73 Å². The van der Waals surface area contributed by atoms with Gasteiger partial charge in [-0.15, -0.1) is 0 Å². The largest absolute Gasteiger partial charge is 0.489 e. The maximum absolute atomic E-state index is 10.8. The van der Waals surface area contributed by atoms with Crippen molar-refractivity contribution >= 4 is 33.9 Å². The number of ether oxygens (including phenoxy) is 1. The Morgan fingerprint density at radius 3 is 2.76 bits per heavy atom. The third kappa shape index (κ3) is 4.70. The van der Waals surface area contributed by atoms with E-state index in [-0.39, 0.29) is 12.3 Å². The number of benzene rings is 2. The summed E-state index contributed by atoms with van der Waals surface area (Å²) in [6, 6.07) is 13.8. The first-order valence-electron chi connectivity index (χ1n) is 7.51. The van der Waals surface area contributed by atoms with Gasteiger partial charge in [0.1, 0.15) is 18.4 Å². The van der Waals surface area contributed by atoms with Crippen molar-refractivity contribution in [3.63, 3.8) is 0 Å². The second-order valence-electron chi connectivity index (χ2n) is 5.22. The average Bonchev–Trinajstić information content (AvgIpc) is 2.62. The predicted octanol–water partition coefficient (Wildman–Crippen LogP) is 4.38. The fourth-order valence-electron chi connectivity index (χ4n) is 2.19. The van der Waals surface area contributed by atoms with Crippen LogP contribution in [0.4, 0.5) is 5.69 Å². The molecule has 0 saturated heterocycles. The van der Waals surface area contributed by atoms with Crippen LogP contribution in [0.3, 0.4) is 0 Å². The monoisotopic (exact) mass is 449 g/mol. The van der Waals surface area contributed by atoms with Crippen molar-refractivity contribution in [2.75, 3.05) is 0 Å². The van der Waals surface area contributed by atoms with Gasteiger partial charge in [0.25, 0.3) is 5.69 Å². The first-order valence-corrected chi connectivity index (χ1v) is 8.59. The van der Waals surface area contributed by atoms with E-state index in [0.29, 0.717) is 29.0 Å². The molecule has 6 nitrogen and oxygen atoms in total. The smallest absolute Gasteiger partial charge is 0.269 e. The fourth-order valence-corrected chi connectivity index (χ4v) is 2.80. The number of nitro groups is 1. The molecule has 2 N–H and O–H groups in total. The van der Waals surface area contributed by atoms with Crippen LogP contribution in [0.2, 0.25) is 0 Å². The molecule has 0 aliphatic heterocycles. The van der Waals surface area contributed by atoms with E-state index in [1.165, 1.54) is 12.1 Å². The number of hydrogen-bond donors (Lipinski definition) is 1. The zero-order valence-corrected chi connectivity index (χ0v) is 15.7. The molecule has 25 heavy (non-hydrogen) atoms. The minimum Gasteiger partial charge on any atom is -0.489 e. The van der Waals surface area contributed by atoms with E-state index >= 15 is 0 Å². The molecule has 0 aliphatic carbocycles. The summed E-state index contributed by atoms with van der Waals surface area (Å²) >= 11 is 2.15. The molecule has 128 valence electrons. The zero-order valence-electron chi connectivity index (χ0n) is 13.5. The molecule has 0 unspecified atom stereocenters. The Kier molecular flexibility index (Phi) is 6.36. The second-order valence-corrected chi connectivity index (χ2v) is 6.39. The Labute approximate surface area is 159 Å². The lowest BCUT2D eigenvalue weighted by Gasteiger charge is -2.11. The quantitative estimate of drug-likeness (QED) is 0.305. The summed E-state index contributed by atoms with van der Waals surface area (Å²) in [6.45, 7) is 2.08. The number of rotatable bonds is 6. The summed E-state index contributed by atoms with van der Waals surface area (Å²) in [5.41, 5.74) is 8.34. The Hall–Kier alpha value is -2.60. The van der Waals surface area contributed by atoms with Gasteiger partial charge in [0.2, 0.25) is 0 Å². The summed E-state index contributed by atoms with van der Waals surface area (Å²) in [4.78, 5) is 10.4. The van der Waals surface area contributed by atoms with Crippen LogP contribution >= 0.6 is 22.6 Å². The maximum atomic E-state index is 10.8. The van der Waals surface area contributed by atoms with Gasteiger partial charge in [0.05, 0.1) is 10.5 Å². The van der Waals surface area contributed by atoms with Crippen LogP contribution < -0.4 is 10.5 Å². The van der Waals surface area contributed by atoms with Gasteiger partial charge in [0.15, 0.2) is 0 Å². The molecule has 0 saturated carbocycles. The highest BCUT2D eigenvalue weighted by Gasteiger charge is 2.12. The zero-order chi connectivity index (χ0) is 18.4. The minimum atomic E-state index is -0.440. The van der Waals surface area contributed by atoms with Crippen LogP contribution in [0, 0.1) is 25.0 Å². The van der Waals surface area contributed by atoms with Crippen LogP contribution in [-0.4, -0.2) is 4.92 Å². The third-order valence-electron chi connectivity index (χ3n) is 3.55. The van der Waals surface area contributed by atoms with Crippen LogP contribution in [0.5, 0.6) is 5.75 Å². The van der Waals surface area contributed by atoms with Gasteiger partial charge in [-0.2, -0.15) is 5.26 Å². The fraction of sp³-hybridized carbons (Fsp3) is 0.167. The number of nitro benzene ring substituents is 1. The molecule has 0 spiro atoms. The average molecular weight is 449 g/mol. The van der Waals surface area contributed by atoms with E-state index in [0.717, 1.165) is 9.13 Å². The van der Waals surface area contributed by atoms with E-state index in [1.54, 1.807) is 24.3 Å². The molecule has 0 bridgehead atoms. The van der Waals surface area contributed by atoms with Crippen LogP contribution in [-0.2, 0) is 6.61 Å². The first kappa shape index (κ1) is 18.7. The van der Waals surface area contributed by atoms with Gasteiger partial charge in [-0.3, -0.25) is 10.1 Å². The van der Waals surface area contributed by atoms with E-state index in [2.05, 4.69) is 28.7 Å². The maximum Gasteiger partial charge on any atom is 0.269 e. The normalized spacial score (nSPS) is 11.4. The molecule has 0 amide bonds. The standard InChI is InChI=1S/C18H16IN3O3/c1-2-18(21)16(10-20)15-9-14(6-7-17(15)19)25-11-12-4-3-5-13(8-12)22(23)24/h3-9H,2,11,21H2,1H3/b18-16+. The summed E-state index contributed by atoms with van der Waals surface area (Å²) in [5.74, 6) is 0.568. The summed E-state index contributed by atoms with van der Waals surface area (Å²) in [7, 11) is 0. The number of nitrogens with zero attached hydrogens (tertiary/aromatic N) is 2. The van der Waals surface area contributed by atoms with Crippen molar-refractivity contribution in [3.05, 3.63) is 73.0 Å². The van der Waals surface area contributed by atoms with E-state index < -0.39 is 4.92 Å². The van der Waals surface area contributed by atoms with Gasteiger partial charge in [-0.05, 0) is 52.8 Å². The van der Waals surface area contributed by atoms with Crippen molar-refractivity contribution in [2.45, 2.75) is 20.0 Å². The second kappa shape index (κ2) is 8.48. The summed E-state index contributed by atoms with van der Waals surface area (Å²) in [6.07, 6.45) is 0.581. The lowest BCUT2D eigenvalue weighted by molar-refractivity contribution is -0.384. The summed E-state index contributed by atoms with van der Waals surface area (Å²) < 4.78 is 6.63. The Morgan fingerprint density at radius 2 is 2.12 bits per heavy atom. The third-order valence-corrected chi connectivity index (χ3v) is 4.49. The van der Waals surface area contributed by atoms with Crippen molar-refractivity contribution in [3.8, 4) is 11.8 Å². The number of hydrogen-bond acceptors (Lipinski definition) is 5. The molecule has 0 aromatic heterocycles. The van der Waals surface area contributed by atoms with Gasteiger partial charge in [0, 0.05) is 27.0 Å².